The molecular formula is C19H28N4O4S. The van der Waals surface area contributed by atoms with Gasteiger partial charge in [0, 0.05) is 25.4 Å². The molecule has 9 heteroatoms. The Morgan fingerprint density at radius 3 is 2.46 bits per heavy atom. The van der Waals surface area contributed by atoms with Crippen LogP contribution in [0.4, 0.5) is 10.7 Å². The lowest BCUT2D eigenvalue weighted by Crippen LogP contribution is -2.52. The molecule has 2 aromatic rings. The van der Waals surface area contributed by atoms with E-state index in [1.54, 1.807) is 23.1 Å². The minimum Gasteiger partial charge on any atom is -0.444 e. The summed E-state index contributed by atoms with van der Waals surface area (Å²) in [4.78, 5) is 18.7. The first-order chi connectivity index (χ1) is 12.8. The summed E-state index contributed by atoms with van der Waals surface area (Å²) in [6.07, 6.45) is 0.856. The molecule has 1 aromatic heterocycles. The monoisotopic (exact) mass is 408 g/mol. The Hall–Kier alpha value is -2.29. The maximum atomic E-state index is 12.2. The maximum absolute atomic E-state index is 12.2. The normalized spacial score (nSPS) is 15.8. The van der Waals surface area contributed by atoms with E-state index in [1.165, 1.54) is 6.26 Å². The SMILES string of the molecule is CC(C)Nc1nc2cc(S(C)(=O)=O)ccc2n1C1CN(C(=O)OC(C)(C)C)C1. The average Bonchev–Trinajstić information content (AvgIpc) is 2.79. The van der Waals surface area contributed by atoms with Gasteiger partial charge in [-0.2, -0.15) is 0 Å². The molecule has 0 bridgehead atoms. The third kappa shape index (κ3) is 4.24. The lowest BCUT2D eigenvalue weighted by molar-refractivity contribution is 0.00170. The van der Waals surface area contributed by atoms with Gasteiger partial charge in [-0.1, -0.05) is 0 Å². The van der Waals surface area contributed by atoms with Crippen LogP contribution in [0.25, 0.3) is 11.0 Å². The van der Waals surface area contributed by atoms with Gasteiger partial charge in [0.25, 0.3) is 0 Å². The highest BCUT2D eigenvalue weighted by Crippen LogP contribution is 2.32. The standard InChI is InChI=1S/C19H28N4O4S/c1-12(2)20-17-21-15-9-14(28(6,25)26)7-8-16(15)23(17)13-10-22(11-13)18(24)27-19(3,4)5/h7-9,12-13H,10-11H2,1-6H3,(H,20,21). The van der Waals surface area contributed by atoms with E-state index in [-0.39, 0.29) is 23.1 Å². The smallest absolute Gasteiger partial charge is 0.410 e. The molecule has 1 amide bonds. The lowest BCUT2D eigenvalue weighted by atomic mass is 10.1. The van der Waals surface area contributed by atoms with Crippen molar-refractivity contribution < 1.29 is 17.9 Å². The third-order valence-corrected chi connectivity index (χ3v) is 5.50. The number of fused-ring (bicyclic) bond motifs is 1. The van der Waals surface area contributed by atoms with Crippen molar-refractivity contribution in [2.75, 3.05) is 24.7 Å². The number of carbonyl (C=O) groups is 1. The topological polar surface area (TPSA) is 93.5 Å². The van der Waals surface area contributed by atoms with E-state index >= 15 is 0 Å². The number of imidazole rings is 1. The molecule has 1 saturated heterocycles. The van der Waals surface area contributed by atoms with Crippen LogP contribution in [0.5, 0.6) is 0 Å². The Labute approximate surface area is 165 Å². The molecule has 154 valence electrons. The summed E-state index contributed by atoms with van der Waals surface area (Å²) in [7, 11) is -3.31. The van der Waals surface area contributed by atoms with Crippen LogP contribution in [-0.4, -0.2) is 60.0 Å². The van der Waals surface area contributed by atoms with Gasteiger partial charge in [0.1, 0.15) is 5.60 Å². The van der Waals surface area contributed by atoms with Gasteiger partial charge in [-0.3, -0.25) is 0 Å². The van der Waals surface area contributed by atoms with Gasteiger partial charge in [-0.15, -0.1) is 0 Å². The van der Waals surface area contributed by atoms with Gasteiger partial charge in [0.05, 0.1) is 22.0 Å². The highest BCUT2D eigenvalue weighted by molar-refractivity contribution is 7.90. The number of sulfone groups is 1. The van der Waals surface area contributed by atoms with Crippen molar-refractivity contribution in [3.63, 3.8) is 0 Å². The van der Waals surface area contributed by atoms with Crippen molar-refractivity contribution in [3.8, 4) is 0 Å². The maximum Gasteiger partial charge on any atom is 0.410 e. The largest absolute Gasteiger partial charge is 0.444 e. The van der Waals surface area contributed by atoms with Gasteiger partial charge >= 0.3 is 6.09 Å². The number of likely N-dealkylation sites (tertiary alicyclic amines) is 1. The van der Waals surface area contributed by atoms with Crippen molar-refractivity contribution in [2.45, 2.75) is 57.2 Å². The van der Waals surface area contributed by atoms with Crippen molar-refractivity contribution in [3.05, 3.63) is 18.2 Å². The first-order valence-electron chi connectivity index (χ1n) is 9.31. The number of carbonyl (C=O) groups excluding carboxylic acids is 1. The molecule has 1 aromatic carbocycles. The molecule has 1 aliphatic heterocycles. The summed E-state index contributed by atoms with van der Waals surface area (Å²) >= 11 is 0. The van der Waals surface area contributed by atoms with Gasteiger partial charge in [0.2, 0.25) is 5.95 Å². The second-order valence-corrected chi connectivity index (χ2v) is 10.6. The van der Waals surface area contributed by atoms with E-state index in [4.69, 9.17) is 4.74 Å². The van der Waals surface area contributed by atoms with E-state index in [2.05, 4.69) is 10.3 Å². The number of amides is 1. The van der Waals surface area contributed by atoms with Crippen LogP contribution in [0.2, 0.25) is 0 Å². The molecular weight excluding hydrogens is 380 g/mol. The van der Waals surface area contributed by atoms with Crippen LogP contribution in [-0.2, 0) is 14.6 Å². The molecule has 1 N–H and O–H groups in total. The van der Waals surface area contributed by atoms with Crippen LogP contribution in [0.1, 0.15) is 40.7 Å². The minimum absolute atomic E-state index is 0.0443. The summed E-state index contributed by atoms with van der Waals surface area (Å²) in [6.45, 7) is 10.6. The fourth-order valence-corrected chi connectivity index (χ4v) is 3.77. The lowest BCUT2D eigenvalue weighted by Gasteiger charge is -2.41. The minimum atomic E-state index is -3.31. The van der Waals surface area contributed by atoms with Crippen molar-refractivity contribution >= 4 is 32.9 Å². The average molecular weight is 409 g/mol. The Bertz CT molecular complexity index is 999. The van der Waals surface area contributed by atoms with Gasteiger partial charge in [-0.25, -0.2) is 18.2 Å². The predicted molar refractivity (Wildman–Crippen MR) is 108 cm³/mol. The molecule has 0 radical (unpaired) electrons. The fourth-order valence-electron chi connectivity index (χ4n) is 3.13. The van der Waals surface area contributed by atoms with Crippen LogP contribution in [0, 0.1) is 0 Å². The molecule has 0 atom stereocenters. The van der Waals surface area contributed by atoms with Crippen molar-refractivity contribution in [2.24, 2.45) is 0 Å². The molecule has 2 heterocycles. The number of nitrogens with one attached hydrogen (secondary N) is 1. The Morgan fingerprint density at radius 1 is 1.29 bits per heavy atom. The first-order valence-corrected chi connectivity index (χ1v) is 11.2. The Morgan fingerprint density at radius 2 is 1.93 bits per heavy atom. The Balaban J connectivity index is 1.91. The zero-order valence-corrected chi connectivity index (χ0v) is 18.0. The van der Waals surface area contributed by atoms with Crippen molar-refractivity contribution in [1.29, 1.82) is 0 Å². The number of hydrogen-bond donors (Lipinski definition) is 1. The summed E-state index contributed by atoms with van der Waals surface area (Å²) in [5.41, 5.74) is 0.919. The number of benzene rings is 1. The number of nitrogens with zero attached hydrogens (tertiary/aromatic N) is 3. The van der Waals surface area contributed by atoms with E-state index in [0.717, 1.165) is 5.52 Å². The highest BCUT2D eigenvalue weighted by atomic mass is 32.2. The molecule has 0 spiro atoms. The zero-order valence-electron chi connectivity index (χ0n) is 17.2. The summed E-state index contributed by atoms with van der Waals surface area (Å²) in [5, 5.41) is 3.32. The third-order valence-electron chi connectivity index (χ3n) is 4.39. The van der Waals surface area contributed by atoms with Gasteiger partial charge < -0.3 is 19.5 Å². The van der Waals surface area contributed by atoms with Crippen molar-refractivity contribution in [1.82, 2.24) is 14.5 Å². The fraction of sp³-hybridized carbons (Fsp3) is 0.579. The number of anilines is 1. The molecule has 1 fully saturated rings. The first kappa shape index (κ1) is 20.4. The molecule has 1 aliphatic rings. The second-order valence-electron chi connectivity index (χ2n) is 8.57. The molecule has 0 aliphatic carbocycles. The van der Waals surface area contributed by atoms with Crippen LogP contribution >= 0.6 is 0 Å². The van der Waals surface area contributed by atoms with Crippen LogP contribution in [0.3, 0.4) is 0 Å². The molecule has 8 nitrogen and oxygen atoms in total. The zero-order chi connectivity index (χ0) is 20.9. The number of hydrogen-bond acceptors (Lipinski definition) is 6. The van der Waals surface area contributed by atoms with E-state index in [0.29, 0.717) is 24.6 Å². The molecule has 3 rings (SSSR count). The number of ether oxygens (including phenoxy) is 1. The number of rotatable bonds is 4. The molecule has 0 saturated carbocycles. The summed E-state index contributed by atoms with van der Waals surface area (Å²) in [5.74, 6) is 0.671. The Kier molecular flexibility index (Phi) is 5.07. The number of aromatic nitrogens is 2. The predicted octanol–water partition coefficient (Wildman–Crippen LogP) is 3.05. The molecule has 28 heavy (non-hydrogen) atoms. The van der Waals surface area contributed by atoms with E-state index < -0.39 is 15.4 Å². The molecule has 0 unspecified atom stereocenters. The van der Waals surface area contributed by atoms with Gasteiger partial charge in [0.15, 0.2) is 9.84 Å². The van der Waals surface area contributed by atoms with Crippen LogP contribution in [0.15, 0.2) is 23.1 Å². The quantitative estimate of drug-likeness (QED) is 0.836. The highest BCUT2D eigenvalue weighted by Gasteiger charge is 2.36. The second kappa shape index (κ2) is 6.95. The van der Waals surface area contributed by atoms with Crippen LogP contribution < -0.4 is 5.32 Å². The summed E-state index contributed by atoms with van der Waals surface area (Å²) < 4.78 is 31.2. The van der Waals surface area contributed by atoms with Gasteiger partial charge in [-0.05, 0) is 52.8 Å². The van der Waals surface area contributed by atoms with E-state index in [9.17, 15) is 13.2 Å². The van der Waals surface area contributed by atoms with E-state index in [1.807, 2.05) is 39.2 Å². The summed E-state index contributed by atoms with van der Waals surface area (Å²) in [6, 6.07) is 5.17.